The van der Waals surface area contributed by atoms with Crippen molar-refractivity contribution in [1.29, 1.82) is 0 Å². The number of dihydropyridines is 1. The highest BCUT2D eigenvalue weighted by Crippen LogP contribution is 2.41. The molecule has 0 amide bonds. The summed E-state index contributed by atoms with van der Waals surface area (Å²) in [5.41, 5.74) is 0.963. The zero-order valence-corrected chi connectivity index (χ0v) is 13.0. The fourth-order valence-electron chi connectivity index (χ4n) is 3.26. The number of fused-ring (bicyclic) bond motifs is 2. The summed E-state index contributed by atoms with van der Waals surface area (Å²) >= 11 is 0. The molecule has 3 nitrogen and oxygen atoms in total. The first kappa shape index (κ1) is 15.3. The van der Waals surface area contributed by atoms with Crippen molar-refractivity contribution in [2.75, 3.05) is 0 Å². The second kappa shape index (κ2) is 5.52. The Hall–Kier alpha value is -2.65. The number of carboxylic acids is 1. The minimum Gasteiger partial charge on any atom is -0.479 e. The van der Waals surface area contributed by atoms with E-state index in [4.69, 9.17) is 0 Å². The van der Waals surface area contributed by atoms with Crippen LogP contribution >= 0.6 is 12.4 Å². The monoisotopic (exact) mass is 323 g/mol. The van der Waals surface area contributed by atoms with Gasteiger partial charge in [0.25, 0.3) is 0 Å². The molecule has 0 saturated carbocycles. The van der Waals surface area contributed by atoms with Gasteiger partial charge in [-0.1, -0.05) is 54.6 Å². The number of rotatable bonds is 2. The van der Waals surface area contributed by atoms with Gasteiger partial charge in [-0.2, -0.15) is 0 Å². The van der Waals surface area contributed by atoms with Crippen LogP contribution in [0.25, 0.3) is 11.6 Å². The Kier molecular flexibility index (Phi) is 3.66. The minimum absolute atomic E-state index is 0. The lowest BCUT2D eigenvalue weighted by atomic mass is 9.78. The van der Waals surface area contributed by atoms with E-state index < -0.39 is 11.5 Å². The number of carbonyl (C=O) groups is 1. The molecule has 1 unspecified atom stereocenters. The van der Waals surface area contributed by atoms with Gasteiger partial charge in [0.05, 0.1) is 0 Å². The van der Waals surface area contributed by atoms with Gasteiger partial charge < -0.3 is 5.11 Å². The SMILES string of the molecule is Cl.O=C(O)C1(c2ccccc2)N=CC=C2C=c3ccccc3=C21. The van der Waals surface area contributed by atoms with E-state index in [9.17, 15) is 9.90 Å². The number of aliphatic carboxylic acids is 1. The maximum absolute atomic E-state index is 12.3. The summed E-state index contributed by atoms with van der Waals surface area (Å²) in [6, 6.07) is 17.1. The highest BCUT2D eigenvalue weighted by atomic mass is 35.5. The summed E-state index contributed by atoms with van der Waals surface area (Å²) in [5.74, 6) is -0.958. The number of allylic oxidation sites excluding steroid dienone is 1. The van der Waals surface area contributed by atoms with Crippen LogP contribution in [0.5, 0.6) is 0 Å². The third-order valence-electron chi connectivity index (χ3n) is 4.21. The van der Waals surface area contributed by atoms with Gasteiger partial charge in [0.15, 0.2) is 0 Å². The van der Waals surface area contributed by atoms with E-state index in [1.54, 1.807) is 6.21 Å². The Labute approximate surface area is 139 Å². The molecule has 0 saturated heterocycles. The van der Waals surface area contributed by atoms with Gasteiger partial charge in [-0.05, 0) is 33.7 Å². The van der Waals surface area contributed by atoms with E-state index in [1.807, 2.05) is 66.7 Å². The van der Waals surface area contributed by atoms with Crippen molar-refractivity contribution in [3.05, 3.63) is 82.2 Å². The maximum Gasteiger partial charge on any atom is 0.340 e. The highest BCUT2D eigenvalue weighted by Gasteiger charge is 2.47. The van der Waals surface area contributed by atoms with Gasteiger partial charge in [-0.15, -0.1) is 12.4 Å². The lowest BCUT2D eigenvalue weighted by molar-refractivity contribution is -0.141. The van der Waals surface area contributed by atoms with Gasteiger partial charge in [0.2, 0.25) is 5.54 Å². The van der Waals surface area contributed by atoms with Crippen molar-refractivity contribution in [1.82, 2.24) is 0 Å². The molecule has 0 aromatic heterocycles. The second-order valence-corrected chi connectivity index (χ2v) is 5.39. The number of hydrogen-bond donors (Lipinski definition) is 1. The lowest BCUT2D eigenvalue weighted by Crippen LogP contribution is -2.40. The van der Waals surface area contributed by atoms with Crippen molar-refractivity contribution < 1.29 is 9.90 Å². The summed E-state index contributed by atoms with van der Waals surface area (Å²) < 4.78 is 0. The average Bonchev–Trinajstić information content (AvgIpc) is 2.94. The number of aliphatic imine (C=N–C) groups is 1. The standard InChI is InChI=1S/C19H13NO2.ClH/c21-18(22)19(15-7-2-1-3-8-15)17-14(10-11-20-19)12-13-6-4-5-9-16(13)17;/h1-12H,(H,21,22);1H. The molecule has 1 N–H and O–H groups in total. The Morgan fingerprint density at radius 1 is 1.00 bits per heavy atom. The van der Waals surface area contributed by atoms with E-state index in [-0.39, 0.29) is 12.4 Å². The van der Waals surface area contributed by atoms with Crippen LogP contribution in [0.4, 0.5) is 0 Å². The number of hydrogen-bond acceptors (Lipinski definition) is 2. The molecular weight excluding hydrogens is 310 g/mol. The second-order valence-electron chi connectivity index (χ2n) is 5.39. The summed E-state index contributed by atoms with van der Waals surface area (Å²) in [7, 11) is 0. The molecule has 2 aromatic rings. The minimum atomic E-state index is -1.38. The summed E-state index contributed by atoms with van der Waals surface area (Å²) in [5, 5.41) is 12.0. The van der Waals surface area contributed by atoms with E-state index in [0.717, 1.165) is 21.6 Å². The molecule has 1 atom stereocenters. The molecule has 0 bridgehead atoms. The quantitative estimate of drug-likeness (QED) is 0.919. The summed E-state index contributed by atoms with van der Waals surface area (Å²) in [4.78, 5) is 16.7. The molecule has 1 aliphatic heterocycles. The van der Waals surface area contributed by atoms with Crippen LogP contribution in [0, 0.1) is 0 Å². The molecule has 1 aliphatic carbocycles. The molecule has 2 aromatic carbocycles. The van der Waals surface area contributed by atoms with Gasteiger partial charge in [0, 0.05) is 11.8 Å². The summed E-state index contributed by atoms with van der Waals surface area (Å²) in [6.45, 7) is 0. The number of carboxylic acid groups (broad SMARTS) is 1. The molecular formula is C19H14ClNO2. The first-order valence-electron chi connectivity index (χ1n) is 7.10. The smallest absolute Gasteiger partial charge is 0.340 e. The molecule has 23 heavy (non-hydrogen) atoms. The molecule has 2 aliphatic rings. The maximum atomic E-state index is 12.3. The Morgan fingerprint density at radius 3 is 2.43 bits per heavy atom. The molecule has 4 heteroatoms. The van der Waals surface area contributed by atoms with Crippen LogP contribution in [0.15, 0.2) is 71.2 Å². The first-order chi connectivity index (χ1) is 10.7. The fraction of sp³-hybridized carbons (Fsp3) is 0.0526. The molecule has 0 radical (unpaired) electrons. The average molecular weight is 324 g/mol. The summed E-state index contributed by atoms with van der Waals surface area (Å²) in [6.07, 6.45) is 5.50. The van der Waals surface area contributed by atoms with Crippen molar-refractivity contribution in [3.63, 3.8) is 0 Å². The predicted octanol–water partition coefficient (Wildman–Crippen LogP) is 2.04. The number of nitrogens with zero attached hydrogens (tertiary/aromatic N) is 1. The fourth-order valence-corrected chi connectivity index (χ4v) is 3.26. The van der Waals surface area contributed by atoms with Gasteiger partial charge in [-0.25, -0.2) is 4.79 Å². The zero-order chi connectivity index (χ0) is 15.2. The normalized spacial score (nSPS) is 20.7. The van der Waals surface area contributed by atoms with Crippen LogP contribution in [-0.2, 0) is 10.3 Å². The van der Waals surface area contributed by atoms with Gasteiger partial charge in [-0.3, -0.25) is 4.99 Å². The highest BCUT2D eigenvalue weighted by molar-refractivity contribution is 6.07. The first-order valence-corrected chi connectivity index (χ1v) is 7.10. The van der Waals surface area contributed by atoms with Crippen LogP contribution in [0.3, 0.4) is 0 Å². The topological polar surface area (TPSA) is 49.7 Å². The third-order valence-corrected chi connectivity index (χ3v) is 4.21. The Morgan fingerprint density at radius 2 is 1.70 bits per heavy atom. The van der Waals surface area contributed by atoms with Crippen LogP contribution in [0.2, 0.25) is 0 Å². The van der Waals surface area contributed by atoms with Gasteiger partial charge >= 0.3 is 5.97 Å². The van der Waals surface area contributed by atoms with E-state index in [0.29, 0.717) is 5.56 Å². The van der Waals surface area contributed by atoms with Crippen LogP contribution < -0.4 is 10.4 Å². The predicted molar refractivity (Wildman–Crippen MR) is 93.1 cm³/mol. The van der Waals surface area contributed by atoms with Gasteiger partial charge in [0.1, 0.15) is 0 Å². The molecule has 0 spiro atoms. The zero-order valence-electron chi connectivity index (χ0n) is 12.1. The lowest BCUT2D eigenvalue weighted by Gasteiger charge is -2.30. The van der Waals surface area contributed by atoms with Crippen molar-refractivity contribution in [2.45, 2.75) is 5.54 Å². The number of benzene rings is 2. The molecule has 1 heterocycles. The molecule has 4 rings (SSSR count). The van der Waals surface area contributed by atoms with Crippen molar-refractivity contribution >= 4 is 36.2 Å². The van der Waals surface area contributed by atoms with E-state index >= 15 is 0 Å². The Bertz CT molecular complexity index is 960. The third kappa shape index (κ3) is 2.05. The van der Waals surface area contributed by atoms with Crippen LogP contribution in [0.1, 0.15) is 5.56 Å². The molecule has 114 valence electrons. The number of halogens is 1. The van der Waals surface area contributed by atoms with Crippen molar-refractivity contribution in [3.8, 4) is 0 Å². The van der Waals surface area contributed by atoms with Crippen LogP contribution in [-0.4, -0.2) is 17.3 Å². The Balaban J connectivity index is 0.00000156. The van der Waals surface area contributed by atoms with Crippen molar-refractivity contribution in [2.24, 2.45) is 4.99 Å². The van der Waals surface area contributed by atoms with E-state index in [1.165, 1.54) is 0 Å². The van der Waals surface area contributed by atoms with E-state index in [2.05, 4.69) is 4.99 Å². The molecule has 0 fully saturated rings. The largest absolute Gasteiger partial charge is 0.479 e.